The van der Waals surface area contributed by atoms with E-state index in [1.165, 1.54) is 43.5 Å². The molecular formula is C29H39N5. The molecule has 180 valence electrons. The molecule has 2 heterocycles. The third-order valence-corrected chi connectivity index (χ3v) is 6.77. The summed E-state index contributed by atoms with van der Waals surface area (Å²) in [6.07, 6.45) is 6.96. The van der Waals surface area contributed by atoms with Gasteiger partial charge in [0.25, 0.3) is 0 Å². The van der Waals surface area contributed by atoms with Gasteiger partial charge in [0.1, 0.15) is 5.82 Å². The van der Waals surface area contributed by atoms with Crippen molar-refractivity contribution < 1.29 is 0 Å². The van der Waals surface area contributed by atoms with Gasteiger partial charge in [-0.3, -0.25) is 0 Å². The van der Waals surface area contributed by atoms with Crippen LogP contribution in [0.3, 0.4) is 0 Å². The molecule has 4 rings (SSSR count). The summed E-state index contributed by atoms with van der Waals surface area (Å²) >= 11 is 0. The topological polar surface area (TPSA) is 53.1 Å². The summed E-state index contributed by atoms with van der Waals surface area (Å²) < 4.78 is 0. The Balaban J connectivity index is 1.41. The zero-order valence-corrected chi connectivity index (χ0v) is 21.4. The Kier molecular flexibility index (Phi) is 7.52. The first kappa shape index (κ1) is 24.2. The minimum absolute atomic E-state index is 0.101. The lowest BCUT2D eigenvalue weighted by molar-refractivity contribution is 0.341. The molecule has 1 aromatic heterocycles. The van der Waals surface area contributed by atoms with Gasteiger partial charge in [0.05, 0.1) is 0 Å². The number of nitrogens with one attached hydrogen (secondary N) is 2. The summed E-state index contributed by atoms with van der Waals surface area (Å²) in [6, 6.07) is 17.3. The van der Waals surface area contributed by atoms with Crippen molar-refractivity contribution in [2.45, 2.75) is 58.8 Å². The Bertz CT molecular complexity index is 1080. The quantitative estimate of drug-likeness (QED) is 0.424. The predicted molar refractivity (Wildman–Crippen MR) is 143 cm³/mol. The molecule has 0 saturated carbocycles. The third-order valence-electron chi connectivity index (χ3n) is 6.77. The van der Waals surface area contributed by atoms with Crippen LogP contribution in [0.2, 0.25) is 0 Å². The van der Waals surface area contributed by atoms with E-state index in [1.54, 1.807) is 0 Å². The van der Waals surface area contributed by atoms with E-state index in [1.807, 2.05) is 13.1 Å². The van der Waals surface area contributed by atoms with Gasteiger partial charge in [-0.25, -0.2) is 4.98 Å². The van der Waals surface area contributed by atoms with Gasteiger partial charge in [0.15, 0.2) is 0 Å². The highest BCUT2D eigenvalue weighted by Gasteiger charge is 2.16. The Hall–Kier alpha value is -2.92. The number of hydrogen-bond donors (Lipinski definition) is 2. The molecule has 0 spiro atoms. The fraction of sp³-hybridized carbons (Fsp3) is 0.448. The fourth-order valence-electron chi connectivity index (χ4n) is 4.53. The summed E-state index contributed by atoms with van der Waals surface area (Å²) in [5.74, 6) is 2.20. The Morgan fingerprint density at radius 1 is 0.971 bits per heavy atom. The lowest BCUT2D eigenvalue weighted by Gasteiger charge is -2.20. The van der Waals surface area contributed by atoms with E-state index in [9.17, 15) is 0 Å². The molecule has 0 aliphatic carbocycles. The van der Waals surface area contributed by atoms with Gasteiger partial charge in [-0.05, 0) is 99.5 Å². The van der Waals surface area contributed by atoms with Gasteiger partial charge in [-0.1, -0.05) is 45.0 Å². The second-order valence-electron chi connectivity index (χ2n) is 10.8. The second-order valence-corrected chi connectivity index (χ2v) is 10.8. The monoisotopic (exact) mass is 457 g/mol. The van der Waals surface area contributed by atoms with Gasteiger partial charge in [-0.2, -0.15) is 4.98 Å². The number of aryl methyl sites for hydroxylation is 1. The average Bonchev–Trinajstić information content (AvgIpc) is 3.01. The van der Waals surface area contributed by atoms with Crippen molar-refractivity contribution in [1.29, 1.82) is 0 Å². The van der Waals surface area contributed by atoms with Gasteiger partial charge < -0.3 is 15.5 Å². The smallest absolute Gasteiger partial charge is 0.229 e. The van der Waals surface area contributed by atoms with Gasteiger partial charge >= 0.3 is 0 Å². The summed E-state index contributed by atoms with van der Waals surface area (Å²) in [7, 11) is 2.24. The van der Waals surface area contributed by atoms with Crippen LogP contribution in [0, 0.1) is 12.8 Å². The van der Waals surface area contributed by atoms with Crippen LogP contribution < -0.4 is 10.6 Å². The summed E-state index contributed by atoms with van der Waals surface area (Å²) in [6.45, 7) is 11.2. The van der Waals surface area contributed by atoms with Crippen molar-refractivity contribution in [2.24, 2.45) is 5.92 Å². The molecule has 1 unspecified atom stereocenters. The molecule has 5 nitrogen and oxygen atoms in total. The van der Waals surface area contributed by atoms with Gasteiger partial charge in [-0.15, -0.1) is 0 Å². The highest BCUT2D eigenvalue weighted by atomic mass is 15.1. The van der Waals surface area contributed by atoms with E-state index in [-0.39, 0.29) is 5.41 Å². The van der Waals surface area contributed by atoms with Gasteiger partial charge in [0, 0.05) is 23.1 Å². The zero-order valence-electron chi connectivity index (χ0n) is 21.4. The van der Waals surface area contributed by atoms with Crippen molar-refractivity contribution >= 4 is 23.1 Å². The molecule has 0 amide bonds. The van der Waals surface area contributed by atoms with Crippen LogP contribution in [0.15, 0.2) is 54.7 Å². The molecule has 1 fully saturated rings. The van der Waals surface area contributed by atoms with Crippen LogP contribution in [0.5, 0.6) is 0 Å². The molecule has 1 aliphatic heterocycles. The SMILES string of the molecule is Cc1cnc(Nc2ccc(CC3CCCN(C)CC3)cc2)nc1Nc1cccc(C(C)(C)C)c1. The average molecular weight is 458 g/mol. The number of hydrogen-bond acceptors (Lipinski definition) is 5. The van der Waals surface area contributed by atoms with Crippen LogP contribution >= 0.6 is 0 Å². The maximum Gasteiger partial charge on any atom is 0.229 e. The van der Waals surface area contributed by atoms with Crippen molar-refractivity contribution in [2.75, 3.05) is 30.8 Å². The van der Waals surface area contributed by atoms with Crippen LogP contribution in [0.1, 0.15) is 56.7 Å². The van der Waals surface area contributed by atoms with E-state index >= 15 is 0 Å². The van der Waals surface area contributed by atoms with E-state index in [0.29, 0.717) is 5.95 Å². The van der Waals surface area contributed by atoms with E-state index in [2.05, 4.69) is 96.9 Å². The van der Waals surface area contributed by atoms with Crippen molar-refractivity contribution in [3.63, 3.8) is 0 Å². The molecule has 1 aliphatic rings. The standard InChI is InChI=1S/C29H39N5/c1-21-20-30-28(33-27(21)31-26-10-6-9-24(19-26)29(2,3)4)32-25-13-11-23(12-14-25)18-22-8-7-16-34(5)17-15-22/h6,9-14,19-20,22H,7-8,15-18H2,1-5H3,(H2,30,31,32,33). The summed E-state index contributed by atoms with van der Waals surface area (Å²) in [4.78, 5) is 11.7. The fourth-order valence-corrected chi connectivity index (χ4v) is 4.53. The lowest BCUT2D eigenvalue weighted by atomic mass is 9.87. The summed E-state index contributed by atoms with van der Waals surface area (Å²) in [5.41, 5.74) is 5.85. The first-order valence-electron chi connectivity index (χ1n) is 12.5. The van der Waals surface area contributed by atoms with Crippen LogP contribution in [-0.4, -0.2) is 35.0 Å². The molecule has 0 bridgehead atoms. The van der Waals surface area contributed by atoms with Crippen molar-refractivity contribution in [1.82, 2.24) is 14.9 Å². The highest BCUT2D eigenvalue weighted by molar-refractivity contribution is 5.63. The largest absolute Gasteiger partial charge is 0.340 e. The molecule has 2 aromatic carbocycles. The van der Waals surface area contributed by atoms with Gasteiger partial charge in [0.2, 0.25) is 5.95 Å². The third kappa shape index (κ3) is 6.57. The maximum absolute atomic E-state index is 4.75. The van der Waals surface area contributed by atoms with Crippen molar-refractivity contribution in [3.05, 3.63) is 71.4 Å². The molecule has 0 radical (unpaired) electrons. The van der Waals surface area contributed by atoms with Crippen LogP contribution in [-0.2, 0) is 11.8 Å². The number of benzene rings is 2. The van der Waals surface area contributed by atoms with Crippen LogP contribution in [0.4, 0.5) is 23.1 Å². The Labute approximate surface area is 205 Å². The zero-order chi connectivity index (χ0) is 24.1. The predicted octanol–water partition coefficient (Wildman–Crippen LogP) is 6.84. The minimum Gasteiger partial charge on any atom is -0.340 e. The number of rotatable bonds is 6. The highest BCUT2D eigenvalue weighted by Crippen LogP contribution is 2.27. The molecular weight excluding hydrogens is 418 g/mol. The number of nitrogens with zero attached hydrogens (tertiary/aromatic N) is 3. The summed E-state index contributed by atoms with van der Waals surface area (Å²) in [5, 5.41) is 6.85. The number of likely N-dealkylation sites (tertiary alicyclic amines) is 1. The molecule has 2 N–H and O–H groups in total. The van der Waals surface area contributed by atoms with E-state index in [4.69, 9.17) is 4.98 Å². The molecule has 1 saturated heterocycles. The molecule has 5 heteroatoms. The minimum atomic E-state index is 0.101. The second kappa shape index (κ2) is 10.6. The van der Waals surface area contributed by atoms with Crippen molar-refractivity contribution in [3.8, 4) is 0 Å². The Morgan fingerprint density at radius 3 is 2.53 bits per heavy atom. The molecule has 3 aromatic rings. The van der Waals surface area contributed by atoms with Crippen LogP contribution in [0.25, 0.3) is 0 Å². The Morgan fingerprint density at radius 2 is 1.76 bits per heavy atom. The number of anilines is 4. The normalized spacial score (nSPS) is 17.3. The van der Waals surface area contributed by atoms with E-state index < -0.39 is 0 Å². The first-order chi connectivity index (χ1) is 16.3. The first-order valence-corrected chi connectivity index (χ1v) is 12.5. The molecule has 1 atom stereocenters. The maximum atomic E-state index is 4.75. The molecule has 34 heavy (non-hydrogen) atoms. The lowest BCUT2D eigenvalue weighted by Crippen LogP contribution is -2.19. The van der Waals surface area contributed by atoms with E-state index in [0.717, 1.165) is 35.1 Å². The number of aromatic nitrogens is 2.